The Morgan fingerprint density at radius 2 is 1.76 bits per heavy atom. The molecular formula is C16H31F3IN5O3S. The first-order valence-corrected chi connectivity index (χ1v) is 11.1. The van der Waals surface area contributed by atoms with E-state index in [1.165, 1.54) is 0 Å². The lowest BCUT2D eigenvalue weighted by Crippen LogP contribution is -2.46. The third kappa shape index (κ3) is 8.34. The monoisotopic (exact) mass is 557 g/mol. The summed E-state index contributed by atoms with van der Waals surface area (Å²) in [7, 11) is -5.23. The van der Waals surface area contributed by atoms with Gasteiger partial charge in [-0.05, 0) is 25.7 Å². The Hall–Kier alpha value is -0.380. The molecule has 0 saturated carbocycles. The molecule has 13 heteroatoms. The van der Waals surface area contributed by atoms with E-state index in [-0.39, 0.29) is 43.0 Å². The largest absolute Gasteiger partial charge is 0.511 e. The van der Waals surface area contributed by atoms with E-state index >= 15 is 0 Å². The molecule has 2 aliphatic heterocycles. The fraction of sp³-hybridized carbons (Fsp3) is 0.938. The van der Waals surface area contributed by atoms with Crippen molar-refractivity contribution in [1.82, 2.24) is 19.8 Å². The van der Waals surface area contributed by atoms with Gasteiger partial charge in [-0.2, -0.15) is 17.5 Å². The summed E-state index contributed by atoms with van der Waals surface area (Å²) in [5.74, 6) is 0.732. The molecule has 2 aliphatic rings. The van der Waals surface area contributed by atoms with Crippen LogP contribution in [0.2, 0.25) is 0 Å². The van der Waals surface area contributed by atoms with Crippen LogP contribution < -0.4 is 10.6 Å². The Morgan fingerprint density at radius 3 is 2.31 bits per heavy atom. The van der Waals surface area contributed by atoms with Crippen molar-refractivity contribution < 1.29 is 26.3 Å². The minimum Gasteiger partial charge on any atom is -0.379 e. The van der Waals surface area contributed by atoms with Crippen LogP contribution in [0.1, 0.15) is 19.8 Å². The summed E-state index contributed by atoms with van der Waals surface area (Å²) in [4.78, 5) is 6.82. The highest BCUT2D eigenvalue weighted by atomic mass is 127. The molecule has 2 N–H and O–H groups in total. The minimum atomic E-state index is -5.24. The van der Waals surface area contributed by atoms with Crippen molar-refractivity contribution in [3.8, 4) is 0 Å². The van der Waals surface area contributed by atoms with Gasteiger partial charge in [0.25, 0.3) is 0 Å². The van der Waals surface area contributed by atoms with Crippen LogP contribution in [0.25, 0.3) is 0 Å². The predicted molar refractivity (Wildman–Crippen MR) is 116 cm³/mol. The summed E-state index contributed by atoms with van der Waals surface area (Å²) in [6, 6.07) is 0. The zero-order valence-corrected chi connectivity index (χ0v) is 19.7. The number of alkyl halides is 3. The number of nitrogens with zero attached hydrogens (tertiary/aromatic N) is 3. The average molecular weight is 557 g/mol. The summed E-state index contributed by atoms with van der Waals surface area (Å²) in [6.45, 7) is 7.79. The normalized spacial score (nSPS) is 20.9. The molecule has 2 fully saturated rings. The van der Waals surface area contributed by atoms with Crippen LogP contribution in [-0.2, 0) is 14.8 Å². The van der Waals surface area contributed by atoms with E-state index in [0.717, 1.165) is 39.4 Å². The van der Waals surface area contributed by atoms with Gasteiger partial charge in [0.15, 0.2) is 5.96 Å². The van der Waals surface area contributed by atoms with Crippen LogP contribution in [0.5, 0.6) is 0 Å². The second-order valence-electron chi connectivity index (χ2n) is 6.89. The quantitative estimate of drug-likeness (QED) is 0.277. The molecule has 8 nitrogen and oxygen atoms in total. The summed E-state index contributed by atoms with van der Waals surface area (Å²) in [5.41, 5.74) is -5.24. The molecule has 0 amide bonds. The van der Waals surface area contributed by atoms with Gasteiger partial charge in [0.1, 0.15) is 0 Å². The number of piperidine rings is 1. The minimum absolute atomic E-state index is 0. The zero-order valence-electron chi connectivity index (χ0n) is 16.6. The van der Waals surface area contributed by atoms with E-state index < -0.39 is 15.5 Å². The number of rotatable bonds is 7. The van der Waals surface area contributed by atoms with E-state index in [0.29, 0.717) is 36.2 Å². The van der Waals surface area contributed by atoms with Crippen molar-refractivity contribution in [3.05, 3.63) is 0 Å². The second kappa shape index (κ2) is 12.5. The van der Waals surface area contributed by atoms with Gasteiger partial charge in [-0.15, -0.1) is 24.0 Å². The number of guanidine groups is 1. The van der Waals surface area contributed by atoms with Crippen molar-refractivity contribution in [2.45, 2.75) is 25.3 Å². The maximum Gasteiger partial charge on any atom is 0.511 e. The molecule has 0 radical (unpaired) electrons. The first-order chi connectivity index (χ1) is 13.2. The first kappa shape index (κ1) is 26.7. The first-order valence-electron chi connectivity index (χ1n) is 9.62. The Bertz CT molecular complexity index is 607. The molecule has 0 aromatic carbocycles. The highest BCUT2D eigenvalue weighted by molar-refractivity contribution is 14.0. The summed E-state index contributed by atoms with van der Waals surface area (Å²) in [5, 5.41) is 6.42. The number of hydrogen-bond donors (Lipinski definition) is 2. The van der Waals surface area contributed by atoms with Gasteiger partial charge in [-0.3, -0.25) is 9.89 Å². The fourth-order valence-electron chi connectivity index (χ4n) is 3.20. The number of aliphatic imine (C=N–C) groups is 1. The van der Waals surface area contributed by atoms with Crippen molar-refractivity contribution in [1.29, 1.82) is 0 Å². The highest BCUT2D eigenvalue weighted by Crippen LogP contribution is 2.30. The molecule has 0 unspecified atom stereocenters. The van der Waals surface area contributed by atoms with Crippen molar-refractivity contribution in [3.63, 3.8) is 0 Å². The zero-order chi connectivity index (χ0) is 20.6. The third-order valence-electron chi connectivity index (χ3n) is 4.88. The lowest BCUT2D eigenvalue weighted by atomic mass is 9.98. The van der Waals surface area contributed by atoms with Crippen LogP contribution in [-0.4, -0.2) is 94.7 Å². The molecule has 29 heavy (non-hydrogen) atoms. The fourth-order valence-corrected chi connectivity index (χ4v) is 4.18. The summed E-state index contributed by atoms with van der Waals surface area (Å²) in [6.07, 6.45) is 0.734. The molecule has 0 spiro atoms. The van der Waals surface area contributed by atoms with Gasteiger partial charge in [0.05, 0.1) is 13.2 Å². The van der Waals surface area contributed by atoms with E-state index in [9.17, 15) is 21.6 Å². The maximum absolute atomic E-state index is 12.6. The molecule has 0 aromatic heterocycles. The molecule has 0 aliphatic carbocycles. The molecule has 0 bridgehead atoms. The van der Waals surface area contributed by atoms with E-state index in [4.69, 9.17) is 4.74 Å². The molecule has 2 saturated heterocycles. The van der Waals surface area contributed by atoms with Gasteiger partial charge in [0.2, 0.25) is 0 Å². The molecule has 172 valence electrons. The number of halogens is 4. The summed E-state index contributed by atoms with van der Waals surface area (Å²) < 4.78 is 66.6. The SMILES string of the molecule is CCNC(=NCC1CCN(S(=O)(=O)C(F)(F)F)CC1)NCCN1CCOCC1.I. The molecule has 2 rings (SSSR count). The van der Waals surface area contributed by atoms with E-state index in [1.54, 1.807) is 0 Å². The number of ether oxygens (including phenoxy) is 1. The van der Waals surface area contributed by atoms with Crippen molar-refractivity contribution in [2.24, 2.45) is 10.9 Å². The van der Waals surface area contributed by atoms with E-state index in [2.05, 4.69) is 20.5 Å². The highest BCUT2D eigenvalue weighted by Gasteiger charge is 2.50. The van der Waals surface area contributed by atoms with Crippen molar-refractivity contribution in [2.75, 3.05) is 65.6 Å². The standard InChI is InChI=1S/C16H30F3N5O3S.HI/c1-2-20-15(21-5-8-23-9-11-27-12-10-23)22-13-14-3-6-24(7-4-14)28(25,26)16(17,18)19;/h14H,2-13H2,1H3,(H2,20,21,22);1H. The topological polar surface area (TPSA) is 86.3 Å². The summed E-state index contributed by atoms with van der Waals surface area (Å²) >= 11 is 0. The van der Waals surface area contributed by atoms with Gasteiger partial charge in [-0.25, -0.2) is 8.42 Å². The Kier molecular flexibility index (Phi) is 11.5. The van der Waals surface area contributed by atoms with Gasteiger partial charge >= 0.3 is 15.5 Å². The third-order valence-corrected chi connectivity index (χ3v) is 6.51. The predicted octanol–water partition coefficient (Wildman–Crippen LogP) is 1.05. The lowest BCUT2D eigenvalue weighted by Gasteiger charge is -2.31. The lowest BCUT2D eigenvalue weighted by molar-refractivity contribution is -0.0496. The van der Waals surface area contributed by atoms with E-state index in [1.807, 2.05) is 6.92 Å². The number of morpholine rings is 1. The van der Waals surface area contributed by atoms with Gasteiger partial charge in [0, 0.05) is 52.4 Å². The molecule has 0 aromatic rings. The molecular weight excluding hydrogens is 526 g/mol. The van der Waals surface area contributed by atoms with Crippen LogP contribution in [0.4, 0.5) is 13.2 Å². The van der Waals surface area contributed by atoms with Crippen LogP contribution in [0, 0.1) is 5.92 Å². The molecule has 2 heterocycles. The average Bonchev–Trinajstić information content (AvgIpc) is 2.66. The van der Waals surface area contributed by atoms with Crippen LogP contribution >= 0.6 is 24.0 Å². The van der Waals surface area contributed by atoms with Gasteiger partial charge < -0.3 is 15.4 Å². The van der Waals surface area contributed by atoms with Crippen LogP contribution in [0.15, 0.2) is 4.99 Å². The number of hydrogen-bond acceptors (Lipinski definition) is 5. The number of nitrogens with one attached hydrogen (secondary N) is 2. The Labute approximate surface area is 187 Å². The molecule has 0 atom stereocenters. The van der Waals surface area contributed by atoms with Crippen LogP contribution in [0.3, 0.4) is 0 Å². The smallest absolute Gasteiger partial charge is 0.379 e. The Balaban J connectivity index is 0.00000420. The Morgan fingerprint density at radius 1 is 1.14 bits per heavy atom. The second-order valence-corrected chi connectivity index (χ2v) is 8.82. The van der Waals surface area contributed by atoms with Gasteiger partial charge in [-0.1, -0.05) is 0 Å². The van der Waals surface area contributed by atoms with Crippen molar-refractivity contribution >= 4 is 40.0 Å². The maximum atomic E-state index is 12.6. The number of sulfonamides is 1.